The number of carbonyl (C=O) groups is 3. The van der Waals surface area contributed by atoms with E-state index in [1.807, 2.05) is 4.90 Å². The highest BCUT2D eigenvalue weighted by Gasteiger charge is 2.52. The van der Waals surface area contributed by atoms with Crippen LogP contribution in [-0.2, 0) is 14.3 Å². The molecule has 1 atom stereocenters. The van der Waals surface area contributed by atoms with Crippen LogP contribution < -0.4 is 5.32 Å². The quantitative estimate of drug-likeness (QED) is 0.603. The van der Waals surface area contributed by atoms with E-state index in [-0.39, 0.29) is 24.6 Å². The van der Waals surface area contributed by atoms with Crippen molar-refractivity contribution < 1.29 is 19.1 Å². The second-order valence-electron chi connectivity index (χ2n) is 6.60. The summed E-state index contributed by atoms with van der Waals surface area (Å²) in [7, 11) is 0. The van der Waals surface area contributed by atoms with Crippen molar-refractivity contribution in [1.29, 1.82) is 0 Å². The molecule has 24 heavy (non-hydrogen) atoms. The first-order valence-electron chi connectivity index (χ1n) is 8.70. The first-order valence-corrected chi connectivity index (χ1v) is 9.85. The number of nitrogens with one attached hydrogen (secondary N) is 1. The van der Waals surface area contributed by atoms with E-state index in [1.165, 1.54) is 4.90 Å². The summed E-state index contributed by atoms with van der Waals surface area (Å²) in [4.78, 5) is 40.6. The summed E-state index contributed by atoms with van der Waals surface area (Å²) in [5.41, 5.74) is -0.709. The molecule has 2 saturated heterocycles. The van der Waals surface area contributed by atoms with Crippen LogP contribution in [0.2, 0.25) is 0 Å². The summed E-state index contributed by atoms with van der Waals surface area (Å²) >= 11 is 1.70. The van der Waals surface area contributed by atoms with Crippen molar-refractivity contribution in [2.24, 2.45) is 0 Å². The molecule has 8 heteroatoms. The third-order valence-corrected chi connectivity index (χ3v) is 6.10. The molecule has 2 heterocycles. The number of hydrogen-bond donors (Lipinski definition) is 1. The Balaban J connectivity index is 1.70. The zero-order chi connectivity index (χ0) is 17.2. The number of amides is 3. The molecule has 0 aromatic carbocycles. The van der Waals surface area contributed by atoms with Gasteiger partial charge in [-0.15, -0.1) is 0 Å². The second-order valence-corrected chi connectivity index (χ2v) is 7.75. The summed E-state index contributed by atoms with van der Waals surface area (Å²) in [5, 5.41) is 2.92. The first-order chi connectivity index (χ1) is 11.6. The van der Waals surface area contributed by atoms with E-state index in [9.17, 15) is 14.4 Å². The van der Waals surface area contributed by atoms with Crippen LogP contribution in [-0.4, -0.2) is 70.6 Å². The summed E-state index contributed by atoms with van der Waals surface area (Å²) in [6, 6.07) is -0.727. The second kappa shape index (κ2) is 7.31. The molecule has 3 amide bonds. The van der Waals surface area contributed by atoms with Crippen LogP contribution in [0.15, 0.2) is 0 Å². The lowest BCUT2D eigenvalue weighted by Gasteiger charge is -2.36. The van der Waals surface area contributed by atoms with Gasteiger partial charge in [0, 0.05) is 18.1 Å². The maximum atomic E-state index is 12.9. The van der Waals surface area contributed by atoms with E-state index in [0.717, 1.165) is 25.0 Å². The number of thioether (sulfide) groups is 1. The van der Waals surface area contributed by atoms with Crippen LogP contribution >= 0.6 is 11.8 Å². The summed E-state index contributed by atoms with van der Waals surface area (Å²) in [6.07, 6.45) is 4.47. The number of nitrogens with zero attached hydrogens (tertiary/aromatic N) is 2. The maximum Gasteiger partial charge on any atom is 0.326 e. The standard InChI is InChI=1S/C16H25N3O4S/c1-2-23-13(20)12-10-24-9-8-18(12)11-19-14(21)16(17-15(19)22)6-4-3-5-7-16/h12H,2-11H2,1H3,(H,17,22). The maximum absolute atomic E-state index is 12.9. The molecule has 1 spiro atoms. The van der Waals surface area contributed by atoms with Crippen molar-refractivity contribution in [3.63, 3.8) is 0 Å². The lowest BCUT2D eigenvalue weighted by Crippen LogP contribution is -2.54. The predicted octanol–water partition coefficient (Wildman–Crippen LogP) is 1.18. The highest BCUT2D eigenvalue weighted by molar-refractivity contribution is 7.99. The van der Waals surface area contributed by atoms with E-state index in [2.05, 4.69) is 5.32 Å². The molecule has 7 nitrogen and oxygen atoms in total. The molecular formula is C16H25N3O4S. The summed E-state index contributed by atoms with van der Waals surface area (Å²) in [5.74, 6) is 1.11. The number of carbonyl (C=O) groups excluding carboxylic acids is 3. The molecule has 3 aliphatic rings. The molecular weight excluding hydrogens is 330 g/mol. The zero-order valence-electron chi connectivity index (χ0n) is 14.1. The molecule has 1 saturated carbocycles. The molecule has 1 aliphatic carbocycles. The Kier molecular flexibility index (Phi) is 5.34. The Labute approximate surface area is 146 Å². The van der Waals surface area contributed by atoms with E-state index >= 15 is 0 Å². The van der Waals surface area contributed by atoms with Crippen molar-refractivity contribution in [2.45, 2.75) is 50.6 Å². The molecule has 3 fully saturated rings. The predicted molar refractivity (Wildman–Crippen MR) is 90.5 cm³/mol. The van der Waals surface area contributed by atoms with Gasteiger partial charge in [-0.25, -0.2) is 9.69 Å². The molecule has 0 radical (unpaired) electrons. The Bertz CT molecular complexity index is 521. The molecule has 3 rings (SSSR count). The molecule has 0 bridgehead atoms. The van der Waals surface area contributed by atoms with Gasteiger partial charge in [0.15, 0.2) is 0 Å². The molecule has 1 unspecified atom stereocenters. The van der Waals surface area contributed by atoms with Gasteiger partial charge < -0.3 is 10.1 Å². The van der Waals surface area contributed by atoms with Crippen LogP contribution in [0, 0.1) is 0 Å². The SMILES string of the molecule is CCOC(=O)C1CSCCN1CN1C(=O)NC2(CCCCC2)C1=O. The fourth-order valence-electron chi connectivity index (χ4n) is 3.74. The Morgan fingerprint density at radius 2 is 2.08 bits per heavy atom. The monoisotopic (exact) mass is 355 g/mol. The van der Waals surface area contributed by atoms with Gasteiger partial charge in [0.1, 0.15) is 11.6 Å². The number of imide groups is 1. The molecule has 134 valence electrons. The number of hydrogen-bond acceptors (Lipinski definition) is 6. The van der Waals surface area contributed by atoms with Gasteiger partial charge in [-0.3, -0.25) is 14.5 Å². The Morgan fingerprint density at radius 1 is 1.33 bits per heavy atom. The normalized spacial score (nSPS) is 27.4. The lowest BCUT2D eigenvalue weighted by molar-refractivity contribution is -0.150. The molecule has 2 aliphatic heterocycles. The van der Waals surface area contributed by atoms with Gasteiger partial charge in [0.2, 0.25) is 0 Å². The third kappa shape index (κ3) is 3.26. The topological polar surface area (TPSA) is 79.0 Å². The minimum Gasteiger partial charge on any atom is -0.465 e. The number of esters is 1. The van der Waals surface area contributed by atoms with E-state index in [4.69, 9.17) is 4.74 Å². The zero-order valence-corrected chi connectivity index (χ0v) is 14.9. The van der Waals surface area contributed by atoms with Crippen LogP contribution in [0.3, 0.4) is 0 Å². The van der Waals surface area contributed by atoms with Crippen molar-refractivity contribution in [1.82, 2.24) is 15.1 Å². The first kappa shape index (κ1) is 17.5. The van der Waals surface area contributed by atoms with Gasteiger partial charge in [-0.05, 0) is 19.8 Å². The molecule has 1 N–H and O–H groups in total. The van der Waals surface area contributed by atoms with Gasteiger partial charge >= 0.3 is 12.0 Å². The Hall–Kier alpha value is -1.28. The average Bonchev–Trinajstić information content (AvgIpc) is 2.80. The molecule has 0 aromatic rings. The van der Waals surface area contributed by atoms with Gasteiger partial charge in [0.05, 0.1) is 13.3 Å². The van der Waals surface area contributed by atoms with Crippen LogP contribution in [0.5, 0.6) is 0 Å². The van der Waals surface area contributed by atoms with Gasteiger partial charge in [-0.2, -0.15) is 11.8 Å². The fourth-order valence-corrected chi connectivity index (χ4v) is 4.84. The van der Waals surface area contributed by atoms with Gasteiger partial charge in [0.25, 0.3) is 5.91 Å². The minimum absolute atomic E-state index is 0.131. The van der Waals surface area contributed by atoms with Crippen LogP contribution in [0.4, 0.5) is 4.79 Å². The smallest absolute Gasteiger partial charge is 0.326 e. The highest BCUT2D eigenvalue weighted by atomic mass is 32.2. The lowest BCUT2D eigenvalue weighted by atomic mass is 9.82. The van der Waals surface area contributed by atoms with Crippen molar-refractivity contribution in [2.75, 3.05) is 31.3 Å². The minimum atomic E-state index is -0.709. The average molecular weight is 355 g/mol. The summed E-state index contributed by atoms with van der Waals surface area (Å²) < 4.78 is 5.14. The Morgan fingerprint density at radius 3 is 2.79 bits per heavy atom. The van der Waals surface area contributed by atoms with E-state index < -0.39 is 11.6 Å². The van der Waals surface area contributed by atoms with Crippen LogP contribution in [0.1, 0.15) is 39.0 Å². The number of urea groups is 1. The van der Waals surface area contributed by atoms with Crippen molar-refractivity contribution in [3.8, 4) is 0 Å². The number of ether oxygens (including phenoxy) is 1. The van der Waals surface area contributed by atoms with E-state index in [0.29, 0.717) is 31.7 Å². The molecule has 0 aromatic heterocycles. The van der Waals surface area contributed by atoms with Gasteiger partial charge in [-0.1, -0.05) is 19.3 Å². The summed E-state index contributed by atoms with van der Waals surface area (Å²) in [6.45, 7) is 2.94. The van der Waals surface area contributed by atoms with Crippen LogP contribution in [0.25, 0.3) is 0 Å². The largest absolute Gasteiger partial charge is 0.465 e. The van der Waals surface area contributed by atoms with E-state index in [1.54, 1.807) is 18.7 Å². The number of rotatable bonds is 4. The fraction of sp³-hybridized carbons (Fsp3) is 0.812. The van der Waals surface area contributed by atoms with Crippen molar-refractivity contribution in [3.05, 3.63) is 0 Å². The van der Waals surface area contributed by atoms with Crippen molar-refractivity contribution >= 4 is 29.7 Å². The third-order valence-electron chi connectivity index (χ3n) is 5.07. The highest BCUT2D eigenvalue weighted by Crippen LogP contribution is 2.34.